The van der Waals surface area contributed by atoms with Crippen molar-refractivity contribution < 1.29 is 0 Å². The molecule has 0 aromatic carbocycles. The number of aliphatic imine (C=N–C) groups is 1. The van der Waals surface area contributed by atoms with Crippen LogP contribution in [0.4, 0.5) is 0 Å². The van der Waals surface area contributed by atoms with Gasteiger partial charge in [-0.15, -0.1) is 11.3 Å². The lowest BCUT2D eigenvalue weighted by Gasteiger charge is -2.11. The van der Waals surface area contributed by atoms with Gasteiger partial charge in [-0.1, -0.05) is 29.3 Å². The number of nitrogens with one attached hydrogen (secondary N) is 2. The van der Waals surface area contributed by atoms with Gasteiger partial charge in [-0.05, 0) is 36.6 Å². The number of thiophene rings is 1. The van der Waals surface area contributed by atoms with Crippen molar-refractivity contribution in [1.29, 1.82) is 0 Å². The molecule has 0 radical (unpaired) electrons. The minimum Gasteiger partial charge on any atom is -0.356 e. The molecule has 0 spiro atoms. The molecule has 0 unspecified atom stereocenters. The number of nitrogens with zero attached hydrogens (tertiary/aromatic N) is 2. The molecule has 2 heterocycles. The summed E-state index contributed by atoms with van der Waals surface area (Å²) in [5.41, 5.74) is 1.14. The number of rotatable bonds is 6. The van der Waals surface area contributed by atoms with Crippen molar-refractivity contribution >= 4 is 40.5 Å². The molecule has 0 bridgehead atoms. The third-order valence-electron chi connectivity index (χ3n) is 3.01. The van der Waals surface area contributed by atoms with E-state index in [2.05, 4.69) is 26.7 Å². The van der Waals surface area contributed by atoms with E-state index in [1.807, 2.05) is 12.1 Å². The van der Waals surface area contributed by atoms with Crippen LogP contribution in [0, 0.1) is 0 Å². The lowest BCUT2D eigenvalue weighted by molar-refractivity contribution is 0.786. The highest BCUT2D eigenvalue weighted by molar-refractivity contribution is 7.16. The summed E-state index contributed by atoms with van der Waals surface area (Å²) in [5.74, 6) is 0.796. The predicted molar refractivity (Wildman–Crippen MR) is 95.3 cm³/mol. The molecule has 0 saturated heterocycles. The Labute approximate surface area is 144 Å². The maximum Gasteiger partial charge on any atom is 0.190 e. The number of hydrogen-bond donors (Lipinski definition) is 2. The second kappa shape index (κ2) is 8.98. The van der Waals surface area contributed by atoms with Gasteiger partial charge < -0.3 is 10.6 Å². The minimum atomic E-state index is 0.517. The second-order valence-corrected chi connectivity index (χ2v) is 6.81. The number of halogens is 2. The third kappa shape index (κ3) is 5.83. The number of guanidine groups is 1. The van der Waals surface area contributed by atoms with E-state index in [1.165, 1.54) is 4.88 Å². The number of hydrogen-bond acceptors (Lipinski definition) is 3. The highest BCUT2D eigenvalue weighted by atomic mass is 35.5. The van der Waals surface area contributed by atoms with Crippen LogP contribution in [-0.4, -0.2) is 31.1 Å². The smallest absolute Gasteiger partial charge is 0.190 e. The third-order valence-corrected chi connectivity index (χ3v) is 4.53. The Hall–Kier alpha value is -1.30. The van der Waals surface area contributed by atoms with Crippen molar-refractivity contribution in [3.05, 3.63) is 50.4 Å². The first-order chi connectivity index (χ1) is 10.7. The Kier molecular flexibility index (Phi) is 6.96. The van der Waals surface area contributed by atoms with Crippen LogP contribution < -0.4 is 10.6 Å². The van der Waals surface area contributed by atoms with Gasteiger partial charge in [-0.3, -0.25) is 4.99 Å². The van der Waals surface area contributed by atoms with Gasteiger partial charge in [0.2, 0.25) is 0 Å². The van der Waals surface area contributed by atoms with Gasteiger partial charge in [0.25, 0.3) is 0 Å². The Morgan fingerprint density at radius 1 is 1.14 bits per heavy atom. The standard InChI is InChI=1S/C15H18Cl2N4S/c1-18-15(20-9-7-12-3-5-14(17)22-12)19-8-6-11-2-4-13(16)21-10-11/h2-5,10H,6-9H2,1H3,(H2,18,19,20). The molecule has 4 nitrogen and oxygen atoms in total. The number of pyridine rings is 1. The van der Waals surface area contributed by atoms with Crippen LogP contribution in [0.15, 0.2) is 35.5 Å². The SMILES string of the molecule is CN=C(NCCc1ccc(Cl)nc1)NCCc1ccc(Cl)s1. The molecule has 0 aliphatic heterocycles. The van der Waals surface area contributed by atoms with E-state index in [9.17, 15) is 0 Å². The molecule has 0 aliphatic carbocycles. The summed E-state index contributed by atoms with van der Waals surface area (Å²) in [5, 5.41) is 7.08. The summed E-state index contributed by atoms with van der Waals surface area (Å²) >= 11 is 13.3. The quantitative estimate of drug-likeness (QED) is 0.473. The van der Waals surface area contributed by atoms with Crippen LogP contribution in [0.2, 0.25) is 9.49 Å². The average molecular weight is 357 g/mol. The topological polar surface area (TPSA) is 49.3 Å². The van der Waals surface area contributed by atoms with Gasteiger partial charge in [0.05, 0.1) is 4.34 Å². The summed E-state index contributed by atoms with van der Waals surface area (Å²) in [6, 6.07) is 7.76. The summed E-state index contributed by atoms with van der Waals surface area (Å²) < 4.78 is 0.828. The number of aromatic nitrogens is 1. The Bertz CT molecular complexity index is 610. The molecule has 2 rings (SSSR count). The average Bonchev–Trinajstić information content (AvgIpc) is 2.93. The van der Waals surface area contributed by atoms with E-state index in [4.69, 9.17) is 23.2 Å². The Morgan fingerprint density at radius 3 is 2.50 bits per heavy atom. The van der Waals surface area contributed by atoms with Crippen molar-refractivity contribution in [1.82, 2.24) is 15.6 Å². The van der Waals surface area contributed by atoms with Crippen molar-refractivity contribution in [2.75, 3.05) is 20.1 Å². The minimum absolute atomic E-state index is 0.517. The van der Waals surface area contributed by atoms with Gasteiger partial charge in [0, 0.05) is 31.2 Å². The molecule has 0 amide bonds. The molecular weight excluding hydrogens is 339 g/mol. The highest BCUT2D eigenvalue weighted by Gasteiger charge is 2.01. The van der Waals surface area contributed by atoms with Crippen LogP contribution in [0.1, 0.15) is 10.4 Å². The van der Waals surface area contributed by atoms with Gasteiger partial charge in [0.1, 0.15) is 5.15 Å². The van der Waals surface area contributed by atoms with Crippen LogP contribution in [0.25, 0.3) is 0 Å². The maximum absolute atomic E-state index is 5.91. The summed E-state index contributed by atoms with van der Waals surface area (Å²) in [4.78, 5) is 9.53. The molecule has 2 aromatic rings. The van der Waals surface area contributed by atoms with Gasteiger partial charge in [0.15, 0.2) is 5.96 Å². The lowest BCUT2D eigenvalue weighted by atomic mass is 10.2. The van der Waals surface area contributed by atoms with Crippen LogP contribution in [-0.2, 0) is 12.8 Å². The van der Waals surface area contributed by atoms with Gasteiger partial charge in [-0.2, -0.15) is 0 Å². The zero-order valence-electron chi connectivity index (χ0n) is 12.3. The van der Waals surface area contributed by atoms with Crippen molar-refractivity contribution in [2.45, 2.75) is 12.8 Å². The zero-order valence-corrected chi connectivity index (χ0v) is 14.6. The van der Waals surface area contributed by atoms with Crippen molar-refractivity contribution in [2.24, 2.45) is 4.99 Å². The van der Waals surface area contributed by atoms with Crippen molar-refractivity contribution in [3.63, 3.8) is 0 Å². The first-order valence-electron chi connectivity index (χ1n) is 6.96. The first kappa shape index (κ1) is 17.1. The molecule has 0 saturated carbocycles. The fourth-order valence-corrected chi connectivity index (χ4v) is 3.09. The highest BCUT2D eigenvalue weighted by Crippen LogP contribution is 2.21. The summed E-state index contributed by atoms with van der Waals surface area (Å²) in [6.07, 6.45) is 3.59. The van der Waals surface area contributed by atoms with Crippen molar-refractivity contribution in [3.8, 4) is 0 Å². The van der Waals surface area contributed by atoms with E-state index in [0.29, 0.717) is 5.15 Å². The van der Waals surface area contributed by atoms with E-state index < -0.39 is 0 Å². The Balaban J connectivity index is 1.67. The lowest BCUT2D eigenvalue weighted by Crippen LogP contribution is -2.39. The van der Waals surface area contributed by atoms with E-state index >= 15 is 0 Å². The predicted octanol–water partition coefficient (Wildman–Crippen LogP) is 3.40. The van der Waals surface area contributed by atoms with Crippen LogP contribution >= 0.6 is 34.5 Å². The van der Waals surface area contributed by atoms with E-state index in [0.717, 1.165) is 41.8 Å². The Morgan fingerprint density at radius 2 is 1.91 bits per heavy atom. The van der Waals surface area contributed by atoms with Crippen LogP contribution in [0.3, 0.4) is 0 Å². The monoisotopic (exact) mass is 356 g/mol. The molecule has 22 heavy (non-hydrogen) atoms. The summed E-state index contributed by atoms with van der Waals surface area (Å²) in [6.45, 7) is 1.60. The molecule has 0 atom stereocenters. The molecular formula is C15H18Cl2N4S. The molecule has 0 aliphatic rings. The van der Waals surface area contributed by atoms with Gasteiger partial charge >= 0.3 is 0 Å². The first-order valence-corrected chi connectivity index (χ1v) is 8.54. The van der Waals surface area contributed by atoms with E-state index in [-0.39, 0.29) is 0 Å². The maximum atomic E-state index is 5.91. The molecule has 0 fully saturated rings. The van der Waals surface area contributed by atoms with Gasteiger partial charge in [-0.25, -0.2) is 4.98 Å². The fourth-order valence-electron chi connectivity index (χ4n) is 1.89. The fraction of sp³-hybridized carbons (Fsp3) is 0.333. The second-order valence-electron chi connectivity index (χ2n) is 4.62. The van der Waals surface area contributed by atoms with E-state index in [1.54, 1.807) is 30.6 Å². The zero-order chi connectivity index (χ0) is 15.8. The molecule has 7 heteroatoms. The largest absolute Gasteiger partial charge is 0.356 e. The molecule has 118 valence electrons. The normalized spacial score (nSPS) is 11.5. The summed E-state index contributed by atoms with van der Waals surface area (Å²) in [7, 11) is 1.77. The molecule has 2 N–H and O–H groups in total. The molecule has 2 aromatic heterocycles. The van der Waals surface area contributed by atoms with Crippen LogP contribution in [0.5, 0.6) is 0 Å².